The van der Waals surface area contributed by atoms with Crippen molar-refractivity contribution in [1.82, 2.24) is 4.57 Å². The molecule has 2 aliphatic carbocycles. The maximum Gasteiger partial charge on any atom is 0.308 e. The second-order valence-electron chi connectivity index (χ2n) is 9.56. The second kappa shape index (κ2) is 8.33. The van der Waals surface area contributed by atoms with Crippen molar-refractivity contribution in [2.75, 3.05) is 5.32 Å². The zero-order valence-corrected chi connectivity index (χ0v) is 20.7. The zero-order chi connectivity index (χ0) is 22.7. The molecule has 7 heteroatoms. The molecule has 33 heavy (non-hydrogen) atoms. The fourth-order valence-electron chi connectivity index (χ4n) is 6.20. The Morgan fingerprint density at radius 3 is 2.73 bits per heavy atom. The third-order valence-electron chi connectivity index (χ3n) is 7.52. The van der Waals surface area contributed by atoms with Crippen LogP contribution in [0, 0.1) is 24.7 Å². The summed E-state index contributed by atoms with van der Waals surface area (Å²) >= 11 is 9.37. The lowest BCUT2D eigenvalue weighted by Crippen LogP contribution is -2.34. The number of thiazole rings is 1. The van der Waals surface area contributed by atoms with E-state index in [-0.39, 0.29) is 23.2 Å². The molecule has 0 spiro atoms. The molecule has 1 aliphatic heterocycles. The molecule has 2 saturated carbocycles. The summed E-state index contributed by atoms with van der Waals surface area (Å²) < 4.78 is 1.71. The summed E-state index contributed by atoms with van der Waals surface area (Å²) in [6.07, 6.45) is 3.86. The molecule has 3 aliphatic rings. The molecule has 6 rings (SSSR count). The van der Waals surface area contributed by atoms with Crippen LogP contribution in [0.15, 0.2) is 58.4 Å². The smallest absolute Gasteiger partial charge is 0.308 e. The minimum absolute atomic E-state index is 0.0434. The summed E-state index contributed by atoms with van der Waals surface area (Å²) in [7, 11) is 0. The summed E-state index contributed by atoms with van der Waals surface area (Å²) in [5.74, 6) is 2.02. The van der Waals surface area contributed by atoms with Gasteiger partial charge in [0.1, 0.15) is 6.54 Å². The molecule has 1 amide bonds. The van der Waals surface area contributed by atoms with Crippen LogP contribution in [0.4, 0.5) is 5.69 Å². The van der Waals surface area contributed by atoms with E-state index in [0.29, 0.717) is 17.1 Å². The van der Waals surface area contributed by atoms with Crippen LogP contribution in [0.5, 0.6) is 0 Å². The Morgan fingerprint density at radius 2 is 1.94 bits per heavy atom. The first-order valence-corrected chi connectivity index (χ1v) is 13.6. The zero-order valence-electron chi connectivity index (χ0n) is 18.3. The highest BCUT2D eigenvalue weighted by atomic mass is 35.5. The molecule has 1 N–H and O–H groups in total. The Kier molecular flexibility index (Phi) is 5.43. The average molecular weight is 497 g/mol. The van der Waals surface area contributed by atoms with Gasteiger partial charge in [0, 0.05) is 26.8 Å². The molecule has 0 saturated heterocycles. The Morgan fingerprint density at radius 1 is 1.15 bits per heavy atom. The maximum absolute atomic E-state index is 13.1. The monoisotopic (exact) mass is 496 g/mol. The van der Waals surface area contributed by atoms with Gasteiger partial charge in [-0.05, 0) is 79.3 Å². The van der Waals surface area contributed by atoms with E-state index in [1.54, 1.807) is 4.57 Å². The van der Waals surface area contributed by atoms with Crippen molar-refractivity contribution in [3.8, 4) is 0 Å². The minimum Gasteiger partial charge on any atom is -0.325 e. The average Bonchev–Trinajstić information content (AvgIpc) is 3.48. The van der Waals surface area contributed by atoms with Crippen molar-refractivity contribution < 1.29 is 4.79 Å². The first-order chi connectivity index (χ1) is 16.0. The van der Waals surface area contributed by atoms with Crippen molar-refractivity contribution in [2.24, 2.45) is 17.8 Å². The molecular formula is C26H25ClN2O2S2. The second-order valence-corrected chi connectivity index (χ2v) is 12.2. The van der Waals surface area contributed by atoms with Crippen molar-refractivity contribution >= 4 is 46.3 Å². The highest BCUT2D eigenvalue weighted by Gasteiger charge is 2.55. The number of hydrogen-bond acceptors (Lipinski definition) is 4. The van der Waals surface area contributed by atoms with Gasteiger partial charge in [0.15, 0.2) is 0 Å². The van der Waals surface area contributed by atoms with Gasteiger partial charge in [-0.25, -0.2) is 0 Å². The quantitative estimate of drug-likeness (QED) is 0.470. The summed E-state index contributed by atoms with van der Waals surface area (Å²) in [6, 6.07) is 15.9. The van der Waals surface area contributed by atoms with Crippen LogP contribution in [-0.2, 0) is 11.3 Å². The summed E-state index contributed by atoms with van der Waals surface area (Å²) in [5.41, 5.74) is 3.08. The number of hydrogen-bond donors (Lipinski definition) is 1. The standard InChI is InChI=1S/C26H25ClN2O2S2/c1-14-3-2-4-19(11-14)28-20(30)13-29-25-24(33-26(29)31)21(15-7-9-18(27)10-8-15)22-16-5-6-17(12-16)23(22)32-25/h2-4,7-11,16-17,21-23H,5-6,12-13H2,1H3,(H,28,30)/t16-,17-,21+,22+,23-/m0/s1. The number of rotatable bonds is 4. The van der Waals surface area contributed by atoms with Crippen molar-refractivity contribution in [1.29, 1.82) is 0 Å². The van der Waals surface area contributed by atoms with Gasteiger partial charge < -0.3 is 5.32 Å². The Bertz CT molecular complexity index is 1280. The fourth-order valence-corrected chi connectivity index (χ4v) is 9.47. The molecule has 3 aromatic rings. The van der Waals surface area contributed by atoms with Gasteiger partial charge in [0.25, 0.3) is 0 Å². The number of amides is 1. The molecule has 0 radical (unpaired) electrons. The highest BCUT2D eigenvalue weighted by Crippen LogP contribution is 2.64. The number of aryl methyl sites for hydroxylation is 1. The fraction of sp³-hybridized carbons (Fsp3) is 0.385. The van der Waals surface area contributed by atoms with Crippen molar-refractivity contribution in [2.45, 2.75) is 48.9 Å². The Labute approximate surface area is 206 Å². The number of nitrogens with one attached hydrogen (secondary N) is 1. The molecule has 2 heterocycles. The van der Waals surface area contributed by atoms with E-state index >= 15 is 0 Å². The minimum atomic E-state index is -0.165. The van der Waals surface area contributed by atoms with E-state index in [4.69, 9.17) is 11.6 Å². The number of benzene rings is 2. The highest BCUT2D eigenvalue weighted by molar-refractivity contribution is 8.00. The number of fused-ring (bicyclic) bond motifs is 6. The predicted molar refractivity (Wildman–Crippen MR) is 136 cm³/mol. The summed E-state index contributed by atoms with van der Waals surface area (Å²) in [6.45, 7) is 2.04. The van der Waals surface area contributed by atoms with Crippen molar-refractivity contribution in [3.05, 3.63) is 79.2 Å². The van der Waals surface area contributed by atoms with E-state index in [0.717, 1.165) is 32.1 Å². The number of nitrogens with zero attached hydrogens (tertiary/aromatic N) is 1. The number of carbonyl (C=O) groups excluding carboxylic acids is 1. The Hall–Kier alpha value is -2.02. The van der Waals surface area contributed by atoms with Gasteiger partial charge in [-0.1, -0.05) is 47.2 Å². The van der Waals surface area contributed by atoms with Crippen LogP contribution < -0.4 is 10.2 Å². The topological polar surface area (TPSA) is 51.1 Å². The molecule has 2 bridgehead atoms. The predicted octanol–water partition coefficient (Wildman–Crippen LogP) is 6.16. The van der Waals surface area contributed by atoms with E-state index in [1.165, 1.54) is 36.2 Å². The molecule has 0 unspecified atom stereocenters. The SMILES string of the molecule is Cc1cccc(NC(=O)Cn2c3c(sc2=O)[C@H](c2ccc(Cl)cc2)[C@H]2[C@H]4CC[C@@H](C4)[C@@H]2S3)c1. The van der Waals surface area contributed by atoms with Crippen LogP contribution in [0.25, 0.3) is 0 Å². The molecule has 1 aromatic heterocycles. The van der Waals surface area contributed by atoms with Crippen LogP contribution in [0.3, 0.4) is 0 Å². The van der Waals surface area contributed by atoms with E-state index in [2.05, 4.69) is 17.4 Å². The number of anilines is 1. The molecular weight excluding hydrogens is 472 g/mol. The maximum atomic E-state index is 13.1. The van der Waals surface area contributed by atoms with E-state index in [1.807, 2.05) is 55.1 Å². The third kappa shape index (κ3) is 3.76. The number of aromatic nitrogens is 1. The van der Waals surface area contributed by atoms with Crippen molar-refractivity contribution in [3.63, 3.8) is 0 Å². The van der Waals surface area contributed by atoms with Crippen LogP contribution in [-0.4, -0.2) is 15.7 Å². The summed E-state index contributed by atoms with van der Waals surface area (Å²) in [5, 5.41) is 5.20. The van der Waals surface area contributed by atoms with Crippen LogP contribution in [0.2, 0.25) is 5.02 Å². The first-order valence-electron chi connectivity index (χ1n) is 11.5. The Balaban J connectivity index is 1.37. The lowest BCUT2D eigenvalue weighted by Gasteiger charge is -2.40. The molecule has 4 nitrogen and oxygen atoms in total. The lowest BCUT2D eigenvalue weighted by molar-refractivity contribution is -0.116. The first kappa shape index (κ1) is 21.5. The van der Waals surface area contributed by atoms with Gasteiger partial charge >= 0.3 is 4.87 Å². The molecule has 170 valence electrons. The van der Waals surface area contributed by atoms with Gasteiger partial charge in [0.05, 0.1) is 5.03 Å². The molecule has 5 atom stereocenters. The van der Waals surface area contributed by atoms with Crippen LogP contribution in [0.1, 0.15) is 41.2 Å². The summed E-state index contributed by atoms with van der Waals surface area (Å²) in [4.78, 5) is 27.1. The van der Waals surface area contributed by atoms with E-state index < -0.39 is 0 Å². The van der Waals surface area contributed by atoms with Gasteiger partial charge in [0.2, 0.25) is 5.91 Å². The largest absolute Gasteiger partial charge is 0.325 e. The number of halogens is 1. The molecule has 2 aromatic carbocycles. The van der Waals surface area contributed by atoms with Gasteiger partial charge in [-0.2, -0.15) is 0 Å². The van der Waals surface area contributed by atoms with Gasteiger partial charge in [-0.15, -0.1) is 11.8 Å². The van der Waals surface area contributed by atoms with Crippen LogP contribution >= 0.6 is 34.7 Å². The number of thioether (sulfide) groups is 1. The number of carbonyl (C=O) groups is 1. The van der Waals surface area contributed by atoms with E-state index in [9.17, 15) is 9.59 Å². The van der Waals surface area contributed by atoms with Gasteiger partial charge in [-0.3, -0.25) is 14.2 Å². The lowest BCUT2D eigenvalue weighted by atomic mass is 9.75. The third-order valence-corrected chi connectivity index (χ3v) is 10.6. The normalized spacial score (nSPS) is 27.3. The molecule has 2 fully saturated rings.